The van der Waals surface area contributed by atoms with E-state index in [9.17, 15) is 0 Å². The van der Waals surface area contributed by atoms with Gasteiger partial charge in [0.1, 0.15) is 0 Å². The number of aromatic nitrogens is 2. The summed E-state index contributed by atoms with van der Waals surface area (Å²) in [5, 5.41) is 0. The summed E-state index contributed by atoms with van der Waals surface area (Å²) in [5.74, 6) is 3.13. The zero-order valence-electron chi connectivity index (χ0n) is 10.9. The van der Waals surface area contributed by atoms with Crippen LogP contribution < -0.4 is 10.6 Å². The highest BCUT2D eigenvalue weighted by Crippen LogP contribution is 2.40. The molecule has 1 saturated carbocycles. The van der Waals surface area contributed by atoms with Gasteiger partial charge in [-0.05, 0) is 36.8 Å². The van der Waals surface area contributed by atoms with E-state index < -0.39 is 0 Å². The maximum absolute atomic E-state index is 6.10. The van der Waals surface area contributed by atoms with Gasteiger partial charge in [-0.2, -0.15) is 0 Å². The molecule has 4 rings (SSSR count). The van der Waals surface area contributed by atoms with Crippen molar-refractivity contribution in [2.24, 2.45) is 11.8 Å². The number of hydrogen-bond donors (Lipinski definition) is 1. The van der Waals surface area contributed by atoms with E-state index in [1.807, 2.05) is 24.3 Å². The Morgan fingerprint density at radius 1 is 1.00 bits per heavy atom. The van der Waals surface area contributed by atoms with Crippen LogP contribution in [0.4, 0.5) is 11.6 Å². The van der Waals surface area contributed by atoms with Crippen LogP contribution in [0.3, 0.4) is 0 Å². The smallest absolute Gasteiger partial charge is 0.172 e. The Balaban J connectivity index is 1.73. The van der Waals surface area contributed by atoms with Crippen LogP contribution in [0.15, 0.2) is 24.3 Å². The molecule has 19 heavy (non-hydrogen) atoms. The zero-order chi connectivity index (χ0) is 12.8. The minimum Gasteiger partial charge on any atom is -0.381 e. The van der Waals surface area contributed by atoms with Gasteiger partial charge in [0.05, 0.1) is 11.0 Å². The topological polar surface area (TPSA) is 55.0 Å². The molecule has 2 N–H and O–H groups in total. The molecule has 2 aliphatic rings. The summed E-state index contributed by atoms with van der Waals surface area (Å²) in [6, 6.07) is 7.93. The van der Waals surface area contributed by atoms with Crippen molar-refractivity contribution in [2.45, 2.75) is 19.3 Å². The van der Waals surface area contributed by atoms with E-state index in [0.29, 0.717) is 5.82 Å². The lowest BCUT2D eigenvalue weighted by Crippen LogP contribution is -2.23. The van der Waals surface area contributed by atoms with E-state index in [1.165, 1.54) is 19.3 Å². The largest absolute Gasteiger partial charge is 0.381 e. The molecule has 2 unspecified atom stereocenters. The number of nitrogen functional groups attached to an aromatic ring is 1. The summed E-state index contributed by atoms with van der Waals surface area (Å²) in [6.07, 6.45) is 4.12. The van der Waals surface area contributed by atoms with Crippen molar-refractivity contribution in [3.63, 3.8) is 0 Å². The second kappa shape index (κ2) is 4.08. The summed E-state index contributed by atoms with van der Waals surface area (Å²) >= 11 is 0. The molecule has 1 aliphatic heterocycles. The summed E-state index contributed by atoms with van der Waals surface area (Å²) in [7, 11) is 0. The maximum atomic E-state index is 6.10. The standard InChI is InChI=1S/C15H18N4/c16-14-15(18-13-7-2-1-6-12(13)17-14)19-8-10-4-3-5-11(10)9-19/h1-2,6-7,10-11H,3-5,8-9H2,(H2,16,17). The average molecular weight is 254 g/mol. The molecule has 0 radical (unpaired) electrons. The highest BCUT2D eigenvalue weighted by Gasteiger charge is 2.37. The fourth-order valence-electron chi connectivity index (χ4n) is 3.65. The van der Waals surface area contributed by atoms with Crippen molar-refractivity contribution >= 4 is 22.7 Å². The van der Waals surface area contributed by atoms with Gasteiger partial charge in [-0.1, -0.05) is 18.6 Å². The van der Waals surface area contributed by atoms with Gasteiger partial charge in [-0.15, -0.1) is 0 Å². The number of hydrogen-bond acceptors (Lipinski definition) is 4. The molecular weight excluding hydrogens is 236 g/mol. The number of rotatable bonds is 1. The Bertz CT molecular complexity index is 613. The Morgan fingerprint density at radius 2 is 1.63 bits per heavy atom. The van der Waals surface area contributed by atoms with Crippen LogP contribution in [0.25, 0.3) is 11.0 Å². The molecule has 98 valence electrons. The van der Waals surface area contributed by atoms with E-state index >= 15 is 0 Å². The van der Waals surface area contributed by atoms with Gasteiger partial charge in [0.15, 0.2) is 11.6 Å². The van der Waals surface area contributed by atoms with E-state index in [4.69, 9.17) is 10.7 Å². The summed E-state index contributed by atoms with van der Waals surface area (Å²) in [4.78, 5) is 11.5. The minimum absolute atomic E-state index is 0.568. The average Bonchev–Trinajstić information content (AvgIpc) is 2.98. The zero-order valence-corrected chi connectivity index (χ0v) is 10.9. The molecule has 1 aromatic carbocycles. The fraction of sp³-hybridized carbons (Fsp3) is 0.467. The van der Waals surface area contributed by atoms with Crippen molar-refractivity contribution in [2.75, 3.05) is 23.7 Å². The number of nitrogens with two attached hydrogens (primary N) is 1. The van der Waals surface area contributed by atoms with Crippen molar-refractivity contribution in [1.82, 2.24) is 9.97 Å². The normalized spacial score (nSPS) is 26.0. The van der Waals surface area contributed by atoms with E-state index in [1.54, 1.807) is 0 Å². The van der Waals surface area contributed by atoms with Crippen LogP contribution >= 0.6 is 0 Å². The van der Waals surface area contributed by atoms with E-state index in [2.05, 4.69) is 9.88 Å². The minimum atomic E-state index is 0.568. The molecule has 4 heteroatoms. The second-order valence-electron chi connectivity index (χ2n) is 5.78. The molecule has 0 bridgehead atoms. The first-order chi connectivity index (χ1) is 9.31. The van der Waals surface area contributed by atoms with Crippen LogP contribution in [0.5, 0.6) is 0 Å². The number of para-hydroxylation sites is 2. The summed E-state index contributed by atoms with van der Waals surface area (Å²) < 4.78 is 0. The second-order valence-corrected chi connectivity index (χ2v) is 5.78. The molecular formula is C15H18N4. The molecule has 2 heterocycles. The maximum Gasteiger partial charge on any atom is 0.172 e. The van der Waals surface area contributed by atoms with Gasteiger partial charge in [0, 0.05) is 13.1 Å². The molecule has 1 aromatic heterocycles. The van der Waals surface area contributed by atoms with Crippen molar-refractivity contribution in [3.05, 3.63) is 24.3 Å². The predicted octanol–water partition coefficient (Wildman–Crippen LogP) is 2.45. The lowest BCUT2D eigenvalue weighted by Gasteiger charge is -2.19. The van der Waals surface area contributed by atoms with Crippen LogP contribution in [0, 0.1) is 11.8 Å². The van der Waals surface area contributed by atoms with Crippen LogP contribution in [-0.4, -0.2) is 23.1 Å². The SMILES string of the molecule is Nc1nc2ccccc2nc1N1CC2CCCC2C1. The molecule has 0 spiro atoms. The number of benzene rings is 1. The Labute approximate surface area is 112 Å². The Morgan fingerprint density at radius 3 is 2.32 bits per heavy atom. The monoisotopic (exact) mass is 254 g/mol. The third-order valence-corrected chi connectivity index (χ3v) is 4.60. The quantitative estimate of drug-likeness (QED) is 0.849. The number of anilines is 2. The number of nitrogens with zero attached hydrogens (tertiary/aromatic N) is 3. The molecule has 2 atom stereocenters. The molecule has 1 aliphatic carbocycles. The Hall–Kier alpha value is -1.84. The lowest BCUT2D eigenvalue weighted by molar-refractivity contribution is 0.494. The van der Waals surface area contributed by atoms with Crippen LogP contribution in [0.1, 0.15) is 19.3 Å². The van der Waals surface area contributed by atoms with Gasteiger partial charge >= 0.3 is 0 Å². The van der Waals surface area contributed by atoms with Crippen LogP contribution in [-0.2, 0) is 0 Å². The third kappa shape index (κ3) is 1.74. The summed E-state index contributed by atoms with van der Waals surface area (Å²) in [6.45, 7) is 2.20. The van der Waals surface area contributed by atoms with E-state index in [0.717, 1.165) is 41.8 Å². The fourth-order valence-corrected chi connectivity index (χ4v) is 3.65. The molecule has 0 amide bonds. The summed E-state index contributed by atoms with van der Waals surface area (Å²) in [5.41, 5.74) is 7.91. The van der Waals surface area contributed by atoms with Gasteiger partial charge in [-0.3, -0.25) is 0 Å². The van der Waals surface area contributed by atoms with Crippen molar-refractivity contribution in [3.8, 4) is 0 Å². The van der Waals surface area contributed by atoms with Crippen molar-refractivity contribution < 1.29 is 0 Å². The molecule has 2 fully saturated rings. The molecule has 1 saturated heterocycles. The molecule has 2 aromatic rings. The number of fused-ring (bicyclic) bond motifs is 2. The predicted molar refractivity (Wildman–Crippen MR) is 77.0 cm³/mol. The molecule has 4 nitrogen and oxygen atoms in total. The first kappa shape index (κ1) is 11.0. The van der Waals surface area contributed by atoms with Crippen molar-refractivity contribution in [1.29, 1.82) is 0 Å². The van der Waals surface area contributed by atoms with Gasteiger partial charge in [0.2, 0.25) is 0 Å². The first-order valence-electron chi connectivity index (χ1n) is 7.08. The Kier molecular flexibility index (Phi) is 2.37. The van der Waals surface area contributed by atoms with Gasteiger partial charge in [-0.25, -0.2) is 9.97 Å². The lowest BCUT2D eigenvalue weighted by atomic mass is 10.0. The van der Waals surface area contributed by atoms with Gasteiger partial charge in [0.25, 0.3) is 0 Å². The van der Waals surface area contributed by atoms with Gasteiger partial charge < -0.3 is 10.6 Å². The highest BCUT2D eigenvalue weighted by molar-refractivity contribution is 5.79. The highest BCUT2D eigenvalue weighted by atomic mass is 15.2. The van der Waals surface area contributed by atoms with E-state index in [-0.39, 0.29) is 0 Å². The first-order valence-corrected chi connectivity index (χ1v) is 7.08. The van der Waals surface area contributed by atoms with Crippen LogP contribution in [0.2, 0.25) is 0 Å². The third-order valence-electron chi connectivity index (χ3n) is 4.60.